The minimum absolute atomic E-state index is 0.503. The van der Waals surface area contributed by atoms with Crippen molar-refractivity contribution in [2.75, 3.05) is 0 Å². The average Bonchev–Trinajstić information content (AvgIpc) is 2.51. The highest BCUT2D eigenvalue weighted by molar-refractivity contribution is 7.17. The summed E-state index contributed by atoms with van der Waals surface area (Å²) in [6.45, 7) is 4.31. The molecule has 1 heterocycles. The van der Waals surface area contributed by atoms with Crippen molar-refractivity contribution in [2.45, 2.75) is 19.8 Å². The first-order chi connectivity index (χ1) is 6.18. The van der Waals surface area contributed by atoms with Gasteiger partial charge in [0.1, 0.15) is 0 Å². The number of thiazole rings is 1. The van der Waals surface area contributed by atoms with E-state index in [9.17, 15) is 0 Å². The van der Waals surface area contributed by atoms with E-state index in [2.05, 4.69) is 24.9 Å². The molecule has 0 spiro atoms. The van der Waals surface area contributed by atoms with E-state index in [-0.39, 0.29) is 0 Å². The lowest BCUT2D eigenvalue weighted by Crippen LogP contribution is -1.86. The van der Waals surface area contributed by atoms with Crippen LogP contribution in [0.4, 0.5) is 0 Å². The summed E-state index contributed by atoms with van der Waals surface area (Å²) in [6, 6.07) is 4.15. The van der Waals surface area contributed by atoms with Gasteiger partial charge in [-0.05, 0) is 23.6 Å². The predicted molar refractivity (Wildman–Crippen MR) is 58.7 cm³/mol. The van der Waals surface area contributed by atoms with Gasteiger partial charge in [-0.3, -0.25) is 0 Å². The fourth-order valence-electron chi connectivity index (χ4n) is 1.28. The zero-order chi connectivity index (χ0) is 9.42. The molecule has 1 aromatic carbocycles. The molecule has 0 bridgehead atoms. The Morgan fingerprint density at radius 1 is 1.38 bits per heavy atom. The zero-order valence-electron chi connectivity index (χ0n) is 7.54. The van der Waals surface area contributed by atoms with Crippen LogP contribution in [0.3, 0.4) is 0 Å². The van der Waals surface area contributed by atoms with Gasteiger partial charge in [-0.25, -0.2) is 4.98 Å². The standard InChI is InChI=1S/C10H10ClNS/c1-6(2)7-3-8(11)10-9(4-7)12-5-13-10/h3-6H,1-2H3. The van der Waals surface area contributed by atoms with E-state index < -0.39 is 0 Å². The highest BCUT2D eigenvalue weighted by Gasteiger charge is 2.06. The monoisotopic (exact) mass is 211 g/mol. The number of rotatable bonds is 1. The van der Waals surface area contributed by atoms with Crippen molar-refractivity contribution >= 4 is 33.2 Å². The second kappa shape index (κ2) is 3.28. The highest BCUT2D eigenvalue weighted by Crippen LogP contribution is 2.30. The fourth-order valence-corrected chi connectivity index (χ4v) is 2.31. The Bertz CT molecular complexity index is 433. The molecule has 0 aliphatic rings. The number of halogens is 1. The molecule has 0 saturated heterocycles. The molecule has 68 valence electrons. The molecule has 0 unspecified atom stereocenters. The molecular formula is C10H10ClNS. The maximum atomic E-state index is 6.12. The molecule has 0 saturated carbocycles. The minimum atomic E-state index is 0.503. The normalized spacial score (nSPS) is 11.4. The Morgan fingerprint density at radius 2 is 2.15 bits per heavy atom. The smallest absolute Gasteiger partial charge is 0.0830 e. The van der Waals surface area contributed by atoms with E-state index in [1.54, 1.807) is 11.3 Å². The van der Waals surface area contributed by atoms with Crippen LogP contribution in [0.1, 0.15) is 25.3 Å². The topological polar surface area (TPSA) is 12.9 Å². The van der Waals surface area contributed by atoms with Crippen LogP contribution in [0.2, 0.25) is 5.02 Å². The first-order valence-electron chi connectivity index (χ1n) is 4.21. The molecule has 2 aromatic rings. The SMILES string of the molecule is CC(C)c1cc(Cl)c2scnc2c1. The molecule has 3 heteroatoms. The summed E-state index contributed by atoms with van der Waals surface area (Å²) in [7, 11) is 0. The first kappa shape index (κ1) is 8.97. The maximum Gasteiger partial charge on any atom is 0.0830 e. The summed E-state index contributed by atoms with van der Waals surface area (Å²) >= 11 is 7.71. The van der Waals surface area contributed by atoms with Gasteiger partial charge in [0.2, 0.25) is 0 Å². The van der Waals surface area contributed by atoms with Crippen LogP contribution in [-0.2, 0) is 0 Å². The summed E-state index contributed by atoms with van der Waals surface area (Å²) in [6.07, 6.45) is 0. The van der Waals surface area contributed by atoms with Crippen molar-refractivity contribution in [3.05, 3.63) is 28.2 Å². The molecular weight excluding hydrogens is 202 g/mol. The van der Waals surface area contributed by atoms with Crippen molar-refractivity contribution < 1.29 is 0 Å². The van der Waals surface area contributed by atoms with Crippen LogP contribution in [0, 0.1) is 0 Å². The van der Waals surface area contributed by atoms with Gasteiger partial charge in [-0.2, -0.15) is 0 Å². The van der Waals surface area contributed by atoms with Gasteiger partial charge in [0.25, 0.3) is 0 Å². The summed E-state index contributed by atoms with van der Waals surface area (Å²) < 4.78 is 1.09. The van der Waals surface area contributed by atoms with Gasteiger partial charge in [-0.15, -0.1) is 11.3 Å². The molecule has 1 nitrogen and oxygen atoms in total. The Kier molecular flexibility index (Phi) is 2.26. The summed E-state index contributed by atoms with van der Waals surface area (Å²) in [5.41, 5.74) is 4.10. The van der Waals surface area contributed by atoms with Crippen molar-refractivity contribution in [1.29, 1.82) is 0 Å². The van der Waals surface area contributed by atoms with Crippen molar-refractivity contribution in [1.82, 2.24) is 4.98 Å². The second-order valence-electron chi connectivity index (χ2n) is 3.36. The zero-order valence-corrected chi connectivity index (χ0v) is 9.12. The molecule has 0 aliphatic carbocycles. The van der Waals surface area contributed by atoms with Crippen LogP contribution in [0.15, 0.2) is 17.6 Å². The largest absolute Gasteiger partial charge is 0.245 e. The number of benzene rings is 1. The molecule has 0 radical (unpaired) electrons. The number of hydrogen-bond acceptors (Lipinski definition) is 2. The van der Waals surface area contributed by atoms with Crippen LogP contribution >= 0.6 is 22.9 Å². The van der Waals surface area contributed by atoms with Crippen molar-refractivity contribution in [2.24, 2.45) is 0 Å². The fraction of sp³-hybridized carbons (Fsp3) is 0.300. The van der Waals surface area contributed by atoms with Gasteiger partial charge in [-0.1, -0.05) is 25.4 Å². The van der Waals surface area contributed by atoms with Crippen LogP contribution in [-0.4, -0.2) is 4.98 Å². The Labute approximate surface area is 86.4 Å². The summed E-state index contributed by atoms with van der Waals surface area (Å²) in [5, 5.41) is 0.823. The number of fused-ring (bicyclic) bond motifs is 1. The molecule has 0 aliphatic heterocycles. The second-order valence-corrected chi connectivity index (χ2v) is 4.62. The Hall–Kier alpha value is -0.600. The number of nitrogens with zero attached hydrogens (tertiary/aromatic N) is 1. The highest BCUT2D eigenvalue weighted by atomic mass is 35.5. The lowest BCUT2D eigenvalue weighted by Gasteiger charge is -2.05. The first-order valence-corrected chi connectivity index (χ1v) is 5.47. The minimum Gasteiger partial charge on any atom is -0.245 e. The van der Waals surface area contributed by atoms with Gasteiger partial charge in [0.15, 0.2) is 0 Å². The van der Waals surface area contributed by atoms with E-state index >= 15 is 0 Å². The number of hydrogen-bond donors (Lipinski definition) is 0. The summed E-state index contributed by atoms with van der Waals surface area (Å²) in [5.74, 6) is 0.503. The Balaban J connectivity index is 2.70. The lowest BCUT2D eigenvalue weighted by molar-refractivity contribution is 0.868. The molecule has 0 atom stereocenters. The Morgan fingerprint density at radius 3 is 2.85 bits per heavy atom. The van der Waals surface area contributed by atoms with Crippen LogP contribution in [0.25, 0.3) is 10.2 Å². The molecule has 1 aromatic heterocycles. The maximum absolute atomic E-state index is 6.12. The average molecular weight is 212 g/mol. The van der Waals surface area contributed by atoms with Crippen LogP contribution in [0.5, 0.6) is 0 Å². The quantitative estimate of drug-likeness (QED) is 0.693. The van der Waals surface area contributed by atoms with Gasteiger partial charge in [0.05, 0.1) is 20.7 Å². The van der Waals surface area contributed by atoms with Gasteiger partial charge >= 0.3 is 0 Å². The number of aromatic nitrogens is 1. The van der Waals surface area contributed by atoms with Gasteiger partial charge in [0, 0.05) is 0 Å². The third-order valence-electron chi connectivity index (χ3n) is 2.08. The predicted octanol–water partition coefficient (Wildman–Crippen LogP) is 4.07. The molecule has 0 fully saturated rings. The van der Waals surface area contributed by atoms with Crippen LogP contribution < -0.4 is 0 Å². The van der Waals surface area contributed by atoms with E-state index in [1.165, 1.54) is 5.56 Å². The lowest BCUT2D eigenvalue weighted by atomic mass is 10.0. The molecule has 0 amide bonds. The van der Waals surface area contributed by atoms with E-state index in [0.717, 1.165) is 15.2 Å². The summed E-state index contributed by atoms with van der Waals surface area (Å²) in [4.78, 5) is 4.26. The third-order valence-corrected chi connectivity index (χ3v) is 3.36. The molecule has 2 rings (SSSR count). The van der Waals surface area contributed by atoms with Crippen molar-refractivity contribution in [3.8, 4) is 0 Å². The molecule has 0 N–H and O–H groups in total. The molecule has 13 heavy (non-hydrogen) atoms. The third kappa shape index (κ3) is 1.56. The van der Waals surface area contributed by atoms with E-state index in [0.29, 0.717) is 5.92 Å². The van der Waals surface area contributed by atoms with Crippen molar-refractivity contribution in [3.63, 3.8) is 0 Å². The van der Waals surface area contributed by atoms with E-state index in [1.807, 2.05) is 11.6 Å². The van der Waals surface area contributed by atoms with E-state index in [4.69, 9.17) is 11.6 Å². The van der Waals surface area contributed by atoms with Gasteiger partial charge < -0.3 is 0 Å².